The lowest BCUT2D eigenvalue weighted by atomic mass is 9.45. The number of ether oxygens (including phenoxy) is 3. The zero-order chi connectivity index (χ0) is 18.3. The SMILES string of the molecule is CCO[C@@]12CCC(=O)[C@]3(C)Oc4c(OC)ccc5c4[C@@]31CCN(C)[C@@H]2C5. The molecule has 2 aliphatic carbocycles. The van der Waals surface area contributed by atoms with Gasteiger partial charge in [0.2, 0.25) is 0 Å². The second-order valence-electron chi connectivity index (χ2n) is 8.37. The summed E-state index contributed by atoms with van der Waals surface area (Å²) in [5.41, 5.74) is 0.768. The molecule has 0 unspecified atom stereocenters. The number of carbonyl (C=O) groups excluding carboxylic acids is 1. The summed E-state index contributed by atoms with van der Waals surface area (Å²) in [6.45, 7) is 5.65. The molecule has 4 aliphatic rings. The number of piperidine rings is 1. The summed E-state index contributed by atoms with van der Waals surface area (Å²) in [5.74, 6) is 1.70. The van der Waals surface area contributed by atoms with Gasteiger partial charge in [0.25, 0.3) is 0 Å². The van der Waals surface area contributed by atoms with E-state index in [0.717, 1.165) is 37.3 Å². The minimum absolute atomic E-state index is 0.197. The van der Waals surface area contributed by atoms with Gasteiger partial charge in [0.15, 0.2) is 22.9 Å². The Balaban J connectivity index is 1.89. The van der Waals surface area contributed by atoms with Crippen LogP contribution >= 0.6 is 0 Å². The van der Waals surface area contributed by atoms with Crippen LogP contribution in [0.15, 0.2) is 12.1 Å². The van der Waals surface area contributed by atoms with E-state index in [1.165, 1.54) is 11.1 Å². The van der Waals surface area contributed by atoms with Crippen molar-refractivity contribution in [2.24, 2.45) is 0 Å². The van der Waals surface area contributed by atoms with Crippen molar-refractivity contribution < 1.29 is 19.0 Å². The van der Waals surface area contributed by atoms with E-state index in [0.29, 0.717) is 13.0 Å². The Hall–Kier alpha value is -1.59. The fourth-order valence-electron chi connectivity index (χ4n) is 6.66. The van der Waals surface area contributed by atoms with Crippen molar-refractivity contribution in [3.05, 3.63) is 23.3 Å². The molecule has 1 saturated carbocycles. The predicted octanol–water partition coefficient (Wildman–Crippen LogP) is 2.48. The fraction of sp³-hybridized carbons (Fsp3) is 0.667. The monoisotopic (exact) mass is 357 g/mol. The number of hydrogen-bond donors (Lipinski definition) is 0. The van der Waals surface area contributed by atoms with Gasteiger partial charge in [0.05, 0.1) is 18.1 Å². The molecule has 1 saturated heterocycles. The molecular weight excluding hydrogens is 330 g/mol. The van der Waals surface area contributed by atoms with Gasteiger partial charge in [-0.2, -0.15) is 0 Å². The standard InChI is InChI=1S/C21H27NO4/c1-5-25-21-9-8-16(23)19(2)20(21)10-11-22(3)15(21)12-13-6-7-14(24-4)18(26-19)17(13)20/h6-7,15H,5,8-12H2,1-4H3/t15-,19+,20+,21-/m1/s1. The quantitative estimate of drug-likeness (QED) is 0.832. The summed E-state index contributed by atoms with van der Waals surface area (Å²) >= 11 is 0. The Morgan fingerprint density at radius 2 is 2.15 bits per heavy atom. The van der Waals surface area contributed by atoms with Crippen molar-refractivity contribution in [3.63, 3.8) is 0 Å². The van der Waals surface area contributed by atoms with Crippen LogP contribution < -0.4 is 9.47 Å². The molecule has 2 bridgehead atoms. The highest BCUT2D eigenvalue weighted by Crippen LogP contribution is 2.69. The molecule has 2 heterocycles. The molecule has 140 valence electrons. The number of likely N-dealkylation sites (tertiary alicyclic amines) is 1. The minimum atomic E-state index is -0.883. The third-order valence-electron chi connectivity index (χ3n) is 7.68. The maximum atomic E-state index is 13.2. The number of methoxy groups -OCH3 is 1. The van der Waals surface area contributed by atoms with E-state index < -0.39 is 11.0 Å². The van der Waals surface area contributed by atoms with Crippen LogP contribution in [-0.4, -0.2) is 55.2 Å². The second kappa shape index (κ2) is 5.02. The average Bonchev–Trinajstić information content (AvgIpc) is 2.91. The van der Waals surface area contributed by atoms with Gasteiger partial charge in [-0.15, -0.1) is 0 Å². The van der Waals surface area contributed by atoms with Gasteiger partial charge in [-0.05, 0) is 58.3 Å². The molecule has 1 aromatic rings. The fourth-order valence-corrected chi connectivity index (χ4v) is 6.66. The molecule has 5 heteroatoms. The Kier molecular flexibility index (Phi) is 3.20. The Labute approximate surface area is 154 Å². The summed E-state index contributed by atoms with van der Waals surface area (Å²) < 4.78 is 18.8. The second-order valence-corrected chi connectivity index (χ2v) is 8.37. The van der Waals surface area contributed by atoms with Crippen LogP contribution in [0.3, 0.4) is 0 Å². The smallest absolute Gasteiger partial charge is 0.177 e. The lowest BCUT2D eigenvalue weighted by Gasteiger charge is -2.66. The van der Waals surface area contributed by atoms with Crippen molar-refractivity contribution >= 4 is 5.78 Å². The Morgan fingerprint density at radius 3 is 2.88 bits per heavy atom. The Morgan fingerprint density at radius 1 is 1.35 bits per heavy atom. The average molecular weight is 357 g/mol. The molecule has 2 fully saturated rings. The number of nitrogens with zero attached hydrogens (tertiary/aromatic N) is 1. The highest BCUT2D eigenvalue weighted by atomic mass is 16.5. The first kappa shape index (κ1) is 16.6. The first-order valence-electron chi connectivity index (χ1n) is 9.72. The van der Waals surface area contributed by atoms with Gasteiger partial charge in [-0.1, -0.05) is 6.07 Å². The van der Waals surface area contributed by atoms with E-state index in [4.69, 9.17) is 14.2 Å². The van der Waals surface area contributed by atoms with Crippen molar-refractivity contribution in [1.29, 1.82) is 0 Å². The van der Waals surface area contributed by atoms with Crippen molar-refractivity contribution in [1.82, 2.24) is 4.90 Å². The van der Waals surface area contributed by atoms with Crippen LogP contribution in [-0.2, 0) is 21.4 Å². The third-order valence-corrected chi connectivity index (χ3v) is 7.68. The molecule has 1 spiro atoms. The molecule has 0 amide bonds. The van der Waals surface area contributed by atoms with E-state index in [1.54, 1.807) is 7.11 Å². The minimum Gasteiger partial charge on any atom is -0.493 e. The number of benzene rings is 1. The first-order chi connectivity index (χ1) is 12.4. The molecule has 0 radical (unpaired) electrons. The number of Topliss-reactive ketones (excluding diaryl/α,β-unsaturated/α-hetero) is 1. The molecule has 4 atom stereocenters. The van der Waals surface area contributed by atoms with Crippen LogP contribution in [0, 0.1) is 0 Å². The summed E-state index contributed by atoms with van der Waals surface area (Å²) in [6.07, 6.45) is 3.07. The summed E-state index contributed by atoms with van der Waals surface area (Å²) in [7, 11) is 3.86. The molecular formula is C21H27NO4. The van der Waals surface area contributed by atoms with Gasteiger partial charge in [0, 0.05) is 24.6 Å². The Bertz CT molecular complexity index is 807. The summed E-state index contributed by atoms with van der Waals surface area (Å²) in [5, 5.41) is 0. The zero-order valence-corrected chi connectivity index (χ0v) is 16.1. The number of hydrogen-bond acceptors (Lipinski definition) is 5. The third kappa shape index (κ3) is 1.51. The predicted molar refractivity (Wildman–Crippen MR) is 97.0 cm³/mol. The normalized spacial score (nSPS) is 40.2. The molecule has 2 aliphatic heterocycles. The van der Waals surface area contributed by atoms with Gasteiger partial charge in [-0.3, -0.25) is 4.79 Å². The topological polar surface area (TPSA) is 48.0 Å². The first-order valence-corrected chi connectivity index (χ1v) is 9.72. The number of rotatable bonds is 3. The maximum Gasteiger partial charge on any atom is 0.177 e. The van der Waals surface area contributed by atoms with Gasteiger partial charge < -0.3 is 19.1 Å². The number of ketones is 1. The largest absolute Gasteiger partial charge is 0.493 e. The van der Waals surface area contributed by atoms with Crippen LogP contribution in [0.2, 0.25) is 0 Å². The van der Waals surface area contributed by atoms with Crippen LogP contribution in [0.4, 0.5) is 0 Å². The lowest BCUT2D eigenvalue weighted by molar-refractivity contribution is -0.226. The van der Waals surface area contributed by atoms with Crippen molar-refractivity contribution in [2.45, 2.75) is 62.2 Å². The van der Waals surface area contributed by atoms with Crippen molar-refractivity contribution in [2.75, 3.05) is 27.3 Å². The number of carbonyl (C=O) groups is 1. The highest BCUT2D eigenvalue weighted by molar-refractivity contribution is 5.94. The zero-order valence-electron chi connectivity index (χ0n) is 16.1. The van der Waals surface area contributed by atoms with Crippen LogP contribution in [0.1, 0.15) is 44.2 Å². The van der Waals surface area contributed by atoms with E-state index in [1.807, 2.05) is 13.0 Å². The maximum absolute atomic E-state index is 13.2. The lowest BCUT2D eigenvalue weighted by Crippen LogP contribution is -2.80. The number of likely N-dealkylation sites (N-methyl/N-ethyl adjacent to an activating group) is 1. The molecule has 0 aromatic heterocycles. The highest BCUT2D eigenvalue weighted by Gasteiger charge is 2.78. The van der Waals surface area contributed by atoms with Crippen LogP contribution in [0.5, 0.6) is 11.5 Å². The molecule has 5 nitrogen and oxygen atoms in total. The van der Waals surface area contributed by atoms with Gasteiger partial charge >= 0.3 is 0 Å². The summed E-state index contributed by atoms with van der Waals surface area (Å²) in [4.78, 5) is 15.7. The van der Waals surface area contributed by atoms with Gasteiger partial charge in [0.1, 0.15) is 0 Å². The molecule has 0 N–H and O–H groups in total. The van der Waals surface area contributed by atoms with E-state index in [9.17, 15) is 4.79 Å². The van der Waals surface area contributed by atoms with Crippen LogP contribution in [0.25, 0.3) is 0 Å². The van der Waals surface area contributed by atoms with E-state index in [2.05, 4.69) is 24.9 Å². The molecule has 5 rings (SSSR count). The molecule has 26 heavy (non-hydrogen) atoms. The van der Waals surface area contributed by atoms with Crippen molar-refractivity contribution in [3.8, 4) is 11.5 Å². The van der Waals surface area contributed by atoms with E-state index >= 15 is 0 Å². The molecule has 1 aromatic carbocycles. The summed E-state index contributed by atoms with van der Waals surface area (Å²) in [6, 6.07) is 4.41. The van der Waals surface area contributed by atoms with Gasteiger partial charge in [-0.25, -0.2) is 0 Å². The van der Waals surface area contributed by atoms with E-state index in [-0.39, 0.29) is 17.4 Å².